The lowest BCUT2D eigenvalue weighted by Crippen LogP contribution is -1.85. The van der Waals surface area contributed by atoms with E-state index in [9.17, 15) is 0 Å². The first-order chi connectivity index (χ1) is 7.81. The minimum atomic E-state index is 0.788. The monoisotopic (exact) mass is 211 g/mol. The van der Waals surface area contributed by atoms with Gasteiger partial charge in [0.15, 0.2) is 5.82 Å². The molecule has 1 heterocycles. The van der Waals surface area contributed by atoms with Crippen molar-refractivity contribution in [2.75, 3.05) is 0 Å². The second-order valence-corrected chi connectivity index (χ2v) is 3.42. The quantitative estimate of drug-likeness (QED) is 0.677. The summed E-state index contributed by atoms with van der Waals surface area (Å²) in [5.41, 5.74) is 1.94. The maximum atomic E-state index is 4.18. The summed E-state index contributed by atoms with van der Waals surface area (Å²) >= 11 is 0. The van der Waals surface area contributed by atoms with E-state index in [1.54, 1.807) is 6.20 Å². The van der Waals surface area contributed by atoms with Crippen LogP contribution in [0.4, 0.5) is 11.5 Å². The van der Waals surface area contributed by atoms with Crippen molar-refractivity contribution in [2.24, 2.45) is 10.2 Å². The van der Waals surface area contributed by atoms with Gasteiger partial charge < -0.3 is 4.57 Å². The minimum absolute atomic E-state index is 0.788. The summed E-state index contributed by atoms with van der Waals surface area (Å²) in [6, 6.07) is 13.6. The van der Waals surface area contributed by atoms with E-state index >= 15 is 0 Å². The molecular formula is C13H13N3. The predicted octanol–water partition coefficient (Wildman–Crippen LogP) is 4.31. The van der Waals surface area contributed by atoms with Crippen molar-refractivity contribution in [3.8, 4) is 0 Å². The molecule has 0 aliphatic rings. The van der Waals surface area contributed by atoms with E-state index in [-0.39, 0.29) is 0 Å². The number of aryl methyl sites for hydroxylation is 1. The molecule has 0 fully saturated rings. The Bertz CT molecular complexity index is 509. The van der Waals surface area contributed by atoms with Crippen molar-refractivity contribution in [2.45, 2.75) is 6.92 Å². The van der Waals surface area contributed by atoms with Crippen LogP contribution in [0.3, 0.4) is 0 Å². The van der Waals surface area contributed by atoms with Crippen molar-refractivity contribution in [3.63, 3.8) is 0 Å². The molecule has 0 radical (unpaired) electrons. The van der Waals surface area contributed by atoms with E-state index in [4.69, 9.17) is 0 Å². The topological polar surface area (TPSA) is 29.6 Å². The van der Waals surface area contributed by atoms with Crippen LogP contribution < -0.4 is 0 Å². The summed E-state index contributed by atoms with van der Waals surface area (Å²) < 4.78 is 1.90. The fraction of sp³-hybridized carbons (Fsp3) is 0.0769. The first kappa shape index (κ1) is 10.4. The SMILES string of the molecule is C=Cn1c(C)ccc1N=Nc1ccccc1. The molecule has 0 bridgehead atoms. The Kier molecular flexibility index (Phi) is 2.96. The molecule has 1 aromatic heterocycles. The molecule has 0 atom stereocenters. The largest absolute Gasteiger partial charge is 0.305 e. The summed E-state index contributed by atoms with van der Waals surface area (Å²) in [6.07, 6.45) is 1.73. The van der Waals surface area contributed by atoms with Gasteiger partial charge in [-0.1, -0.05) is 24.8 Å². The second kappa shape index (κ2) is 4.57. The van der Waals surface area contributed by atoms with Gasteiger partial charge in [0.2, 0.25) is 0 Å². The summed E-state index contributed by atoms with van der Waals surface area (Å²) in [7, 11) is 0. The molecule has 0 saturated carbocycles. The van der Waals surface area contributed by atoms with Crippen molar-refractivity contribution in [3.05, 3.63) is 54.7 Å². The third kappa shape index (κ3) is 2.08. The summed E-state index contributed by atoms with van der Waals surface area (Å²) in [6.45, 7) is 5.74. The Morgan fingerprint density at radius 3 is 2.50 bits per heavy atom. The minimum Gasteiger partial charge on any atom is -0.305 e. The van der Waals surface area contributed by atoms with Gasteiger partial charge in [0.05, 0.1) is 5.69 Å². The number of benzene rings is 1. The number of aromatic nitrogens is 1. The molecule has 3 nitrogen and oxygen atoms in total. The van der Waals surface area contributed by atoms with Gasteiger partial charge in [-0.3, -0.25) is 0 Å². The van der Waals surface area contributed by atoms with Gasteiger partial charge >= 0.3 is 0 Å². The number of hydrogen-bond acceptors (Lipinski definition) is 2. The third-order valence-electron chi connectivity index (χ3n) is 2.31. The lowest BCUT2D eigenvalue weighted by molar-refractivity contribution is 1.04. The van der Waals surface area contributed by atoms with Crippen molar-refractivity contribution < 1.29 is 0 Å². The standard InChI is InChI=1S/C13H13N3/c1-3-16-11(2)9-10-13(16)15-14-12-7-5-4-6-8-12/h3-10H,1H2,2H3. The van der Waals surface area contributed by atoms with Gasteiger partial charge in [0.1, 0.15) is 0 Å². The molecule has 0 saturated heterocycles. The number of hydrogen-bond donors (Lipinski definition) is 0. The number of nitrogens with zero attached hydrogens (tertiary/aromatic N) is 3. The molecular weight excluding hydrogens is 198 g/mol. The van der Waals surface area contributed by atoms with Crippen LogP contribution in [0.15, 0.2) is 59.3 Å². The normalized spacial score (nSPS) is 10.8. The van der Waals surface area contributed by atoms with Gasteiger partial charge in [-0.2, -0.15) is 0 Å². The smallest absolute Gasteiger partial charge is 0.159 e. The Morgan fingerprint density at radius 1 is 1.06 bits per heavy atom. The van der Waals surface area contributed by atoms with Crippen molar-refractivity contribution >= 4 is 17.7 Å². The summed E-state index contributed by atoms with van der Waals surface area (Å²) in [5.74, 6) is 0.788. The van der Waals surface area contributed by atoms with Crippen LogP contribution in [-0.2, 0) is 0 Å². The van der Waals surface area contributed by atoms with Crippen LogP contribution in [0, 0.1) is 6.92 Å². The molecule has 0 amide bonds. The van der Waals surface area contributed by atoms with Gasteiger partial charge in [0.25, 0.3) is 0 Å². The van der Waals surface area contributed by atoms with Gasteiger partial charge in [-0.05, 0) is 31.2 Å². The van der Waals surface area contributed by atoms with Crippen LogP contribution in [0.2, 0.25) is 0 Å². The van der Waals surface area contributed by atoms with Crippen LogP contribution in [-0.4, -0.2) is 4.57 Å². The highest BCUT2D eigenvalue weighted by molar-refractivity contribution is 5.43. The van der Waals surface area contributed by atoms with E-state index in [2.05, 4.69) is 16.8 Å². The van der Waals surface area contributed by atoms with E-state index in [0.29, 0.717) is 0 Å². The molecule has 0 unspecified atom stereocenters. The molecule has 0 aliphatic carbocycles. The molecule has 1 aromatic carbocycles. The second-order valence-electron chi connectivity index (χ2n) is 3.42. The number of rotatable bonds is 3. The predicted molar refractivity (Wildman–Crippen MR) is 66.2 cm³/mol. The highest BCUT2D eigenvalue weighted by Gasteiger charge is 1.99. The Hall–Kier alpha value is -2.16. The third-order valence-corrected chi connectivity index (χ3v) is 2.31. The van der Waals surface area contributed by atoms with E-state index in [1.165, 1.54) is 0 Å². The lowest BCUT2D eigenvalue weighted by Gasteiger charge is -1.99. The molecule has 3 heteroatoms. The molecule has 2 aromatic rings. The van der Waals surface area contributed by atoms with E-state index < -0.39 is 0 Å². The van der Waals surface area contributed by atoms with Gasteiger partial charge in [0, 0.05) is 11.9 Å². The highest BCUT2D eigenvalue weighted by atomic mass is 15.2. The average Bonchev–Trinajstić information content (AvgIpc) is 2.68. The lowest BCUT2D eigenvalue weighted by atomic mass is 10.3. The number of azo groups is 1. The van der Waals surface area contributed by atoms with E-state index in [1.807, 2.05) is 54.0 Å². The zero-order valence-electron chi connectivity index (χ0n) is 9.17. The zero-order valence-corrected chi connectivity index (χ0v) is 9.17. The zero-order chi connectivity index (χ0) is 11.4. The average molecular weight is 211 g/mol. The van der Waals surface area contributed by atoms with Crippen LogP contribution in [0.1, 0.15) is 5.69 Å². The fourth-order valence-corrected chi connectivity index (χ4v) is 1.46. The fourth-order valence-electron chi connectivity index (χ4n) is 1.46. The van der Waals surface area contributed by atoms with Crippen LogP contribution in [0.5, 0.6) is 0 Å². The Balaban J connectivity index is 2.27. The summed E-state index contributed by atoms with van der Waals surface area (Å²) in [4.78, 5) is 0. The van der Waals surface area contributed by atoms with Gasteiger partial charge in [-0.25, -0.2) is 0 Å². The first-order valence-electron chi connectivity index (χ1n) is 5.08. The first-order valence-corrected chi connectivity index (χ1v) is 5.08. The molecule has 80 valence electrons. The Morgan fingerprint density at radius 2 is 1.81 bits per heavy atom. The van der Waals surface area contributed by atoms with Crippen molar-refractivity contribution in [1.82, 2.24) is 4.57 Å². The summed E-state index contributed by atoms with van der Waals surface area (Å²) in [5, 5.41) is 8.34. The maximum absolute atomic E-state index is 4.18. The molecule has 0 N–H and O–H groups in total. The maximum Gasteiger partial charge on any atom is 0.159 e. The van der Waals surface area contributed by atoms with Crippen molar-refractivity contribution in [1.29, 1.82) is 0 Å². The molecule has 2 rings (SSSR count). The van der Waals surface area contributed by atoms with E-state index in [0.717, 1.165) is 17.2 Å². The van der Waals surface area contributed by atoms with Crippen LogP contribution in [0.25, 0.3) is 6.20 Å². The highest BCUT2D eigenvalue weighted by Crippen LogP contribution is 2.20. The van der Waals surface area contributed by atoms with Crippen LogP contribution >= 0.6 is 0 Å². The molecule has 16 heavy (non-hydrogen) atoms. The van der Waals surface area contributed by atoms with Gasteiger partial charge in [-0.15, -0.1) is 10.2 Å². The molecule has 0 spiro atoms. The molecule has 0 aliphatic heterocycles. The Labute approximate surface area is 94.8 Å².